The van der Waals surface area contributed by atoms with Gasteiger partial charge in [0, 0.05) is 0 Å². The van der Waals surface area contributed by atoms with E-state index in [0.717, 1.165) is 11.1 Å². The van der Waals surface area contributed by atoms with Crippen LogP contribution in [0.15, 0.2) is 36.4 Å². The molecule has 2 aromatic carbocycles. The summed E-state index contributed by atoms with van der Waals surface area (Å²) in [4.78, 5) is 11.9. The van der Waals surface area contributed by atoms with Crippen molar-refractivity contribution in [1.29, 1.82) is 0 Å². The second-order valence-corrected chi connectivity index (χ2v) is 4.83. The molecule has 22 heavy (non-hydrogen) atoms. The van der Waals surface area contributed by atoms with Gasteiger partial charge in [-0.05, 0) is 55.3 Å². The van der Waals surface area contributed by atoms with Gasteiger partial charge < -0.3 is 4.74 Å². The molecule has 6 heteroatoms. The van der Waals surface area contributed by atoms with Gasteiger partial charge in [0.15, 0.2) is 0 Å². The average molecular weight is 312 g/mol. The van der Waals surface area contributed by atoms with Crippen LogP contribution in [-0.2, 0) is 6.18 Å². The number of carbonyl (C=O) groups excluding carboxylic acids is 1. The molecule has 0 fully saturated rings. The first-order chi connectivity index (χ1) is 10.2. The Labute approximate surface area is 124 Å². The molecule has 0 aliphatic heterocycles. The van der Waals surface area contributed by atoms with Crippen molar-refractivity contribution < 1.29 is 27.1 Å². The first kappa shape index (κ1) is 16.0. The summed E-state index contributed by atoms with van der Waals surface area (Å²) in [6, 6.07) is 6.35. The normalized spacial score (nSPS) is 11.4. The molecule has 0 bridgehead atoms. The topological polar surface area (TPSA) is 26.3 Å². The van der Waals surface area contributed by atoms with Crippen LogP contribution in [0.4, 0.5) is 17.6 Å². The van der Waals surface area contributed by atoms with Crippen molar-refractivity contribution in [3.8, 4) is 5.75 Å². The van der Waals surface area contributed by atoms with Gasteiger partial charge in [-0.3, -0.25) is 0 Å². The number of hydrogen-bond donors (Lipinski definition) is 0. The third kappa shape index (κ3) is 3.44. The van der Waals surface area contributed by atoms with Crippen molar-refractivity contribution in [2.24, 2.45) is 0 Å². The van der Waals surface area contributed by atoms with Gasteiger partial charge in [0.25, 0.3) is 0 Å². The molecule has 0 amide bonds. The van der Waals surface area contributed by atoms with Crippen molar-refractivity contribution in [3.63, 3.8) is 0 Å². The van der Waals surface area contributed by atoms with Crippen LogP contribution < -0.4 is 4.74 Å². The quantitative estimate of drug-likeness (QED) is 0.457. The largest absolute Gasteiger partial charge is 0.423 e. The number of esters is 1. The van der Waals surface area contributed by atoms with Gasteiger partial charge in [-0.25, -0.2) is 9.18 Å². The molecule has 2 rings (SSSR count). The molecular formula is C16H12F4O2. The third-order valence-electron chi connectivity index (χ3n) is 3.20. The van der Waals surface area contributed by atoms with E-state index in [2.05, 4.69) is 0 Å². The van der Waals surface area contributed by atoms with Gasteiger partial charge in [0.1, 0.15) is 11.6 Å². The second kappa shape index (κ2) is 5.79. The van der Waals surface area contributed by atoms with Gasteiger partial charge in [0.05, 0.1) is 11.1 Å². The monoisotopic (exact) mass is 312 g/mol. The van der Waals surface area contributed by atoms with Gasteiger partial charge in [0.2, 0.25) is 0 Å². The summed E-state index contributed by atoms with van der Waals surface area (Å²) in [5.74, 6) is -2.10. The predicted molar refractivity (Wildman–Crippen MR) is 72.3 cm³/mol. The summed E-state index contributed by atoms with van der Waals surface area (Å²) in [6.07, 6.45) is -4.66. The van der Waals surface area contributed by atoms with E-state index in [9.17, 15) is 22.4 Å². The molecular weight excluding hydrogens is 300 g/mol. The minimum atomic E-state index is -4.66. The Balaban J connectivity index is 2.31. The van der Waals surface area contributed by atoms with E-state index in [4.69, 9.17) is 4.74 Å². The third-order valence-corrected chi connectivity index (χ3v) is 3.20. The number of aryl methyl sites for hydroxylation is 2. The van der Waals surface area contributed by atoms with E-state index in [1.165, 1.54) is 6.07 Å². The Morgan fingerprint density at radius 2 is 1.68 bits per heavy atom. The standard InChI is InChI=1S/C16H12F4O2/c1-9-3-5-12(7-10(9)2)22-15(21)13-8-11(16(18,19)20)4-6-14(13)17/h3-8H,1-2H3. The minimum absolute atomic E-state index is 0.143. The van der Waals surface area contributed by atoms with E-state index >= 15 is 0 Å². The van der Waals surface area contributed by atoms with Crippen LogP contribution >= 0.6 is 0 Å². The summed E-state index contributed by atoms with van der Waals surface area (Å²) in [6.45, 7) is 3.64. The molecule has 0 aromatic heterocycles. The van der Waals surface area contributed by atoms with Crippen LogP contribution in [0.25, 0.3) is 0 Å². The van der Waals surface area contributed by atoms with Gasteiger partial charge in [-0.2, -0.15) is 13.2 Å². The van der Waals surface area contributed by atoms with E-state index in [1.807, 2.05) is 6.92 Å². The molecule has 0 atom stereocenters. The number of ether oxygens (including phenoxy) is 1. The molecule has 0 radical (unpaired) electrons. The highest BCUT2D eigenvalue weighted by molar-refractivity contribution is 5.91. The average Bonchev–Trinajstić information content (AvgIpc) is 2.42. The minimum Gasteiger partial charge on any atom is -0.423 e. The van der Waals surface area contributed by atoms with Crippen molar-refractivity contribution in [2.75, 3.05) is 0 Å². The Kier molecular flexibility index (Phi) is 4.21. The maximum absolute atomic E-state index is 13.6. The first-order valence-corrected chi connectivity index (χ1v) is 6.34. The highest BCUT2D eigenvalue weighted by Gasteiger charge is 2.32. The van der Waals surface area contributed by atoms with Crippen LogP contribution in [-0.4, -0.2) is 5.97 Å². The molecule has 0 saturated heterocycles. The van der Waals surface area contributed by atoms with E-state index in [-0.39, 0.29) is 5.75 Å². The highest BCUT2D eigenvalue weighted by Crippen LogP contribution is 2.30. The number of benzene rings is 2. The lowest BCUT2D eigenvalue weighted by molar-refractivity contribution is -0.137. The Morgan fingerprint density at radius 3 is 2.27 bits per heavy atom. The zero-order valence-electron chi connectivity index (χ0n) is 11.8. The SMILES string of the molecule is Cc1ccc(OC(=O)c2cc(C(F)(F)F)ccc2F)cc1C. The molecule has 0 N–H and O–H groups in total. The molecule has 0 saturated carbocycles. The van der Waals surface area contributed by atoms with Crippen LogP contribution in [0.2, 0.25) is 0 Å². The Hall–Kier alpha value is -2.37. The number of alkyl halides is 3. The van der Waals surface area contributed by atoms with Gasteiger partial charge in [-0.15, -0.1) is 0 Å². The van der Waals surface area contributed by atoms with E-state index in [1.54, 1.807) is 19.1 Å². The molecule has 2 nitrogen and oxygen atoms in total. The highest BCUT2D eigenvalue weighted by atomic mass is 19.4. The van der Waals surface area contributed by atoms with Crippen LogP contribution in [0.3, 0.4) is 0 Å². The Bertz CT molecular complexity index is 721. The summed E-state index contributed by atoms with van der Waals surface area (Å²) < 4.78 is 56.4. The molecule has 0 heterocycles. The summed E-state index contributed by atoms with van der Waals surface area (Å²) in [7, 11) is 0. The van der Waals surface area contributed by atoms with Crippen molar-refractivity contribution >= 4 is 5.97 Å². The first-order valence-electron chi connectivity index (χ1n) is 6.34. The fourth-order valence-corrected chi connectivity index (χ4v) is 1.80. The molecule has 0 aliphatic rings. The van der Waals surface area contributed by atoms with E-state index in [0.29, 0.717) is 18.2 Å². The van der Waals surface area contributed by atoms with Crippen LogP contribution in [0.5, 0.6) is 5.75 Å². The van der Waals surface area contributed by atoms with Crippen LogP contribution in [0.1, 0.15) is 27.0 Å². The number of hydrogen-bond acceptors (Lipinski definition) is 2. The summed E-state index contributed by atoms with van der Waals surface area (Å²) >= 11 is 0. The van der Waals surface area contributed by atoms with Gasteiger partial charge >= 0.3 is 12.1 Å². The van der Waals surface area contributed by atoms with Crippen LogP contribution in [0, 0.1) is 19.7 Å². The number of carbonyl (C=O) groups is 1. The number of rotatable bonds is 2. The van der Waals surface area contributed by atoms with Crippen molar-refractivity contribution in [2.45, 2.75) is 20.0 Å². The lowest BCUT2D eigenvalue weighted by Gasteiger charge is -2.10. The molecule has 0 spiro atoms. The number of halogens is 4. The molecule has 116 valence electrons. The smallest absolute Gasteiger partial charge is 0.416 e. The maximum Gasteiger partial charge on any atom is 0.416 e. The second-order valence-electron chi connectivity index (χ2n) is 4.83. The lowest BCUT2D eigenvalue weighted by atomic mass is 10.1. The fourth-order valence-electron chi connectivity index (χ4n) is 1.80. The summed E-state index contributed by atoms with van der Waals surface area (Å²) in [5, 5.41) is 0. The zero-order chi connectivity index (χ0) is 16.5. The zero-order valence-corrected chi connectivity index (χ0v) is 11.8. The van der Waals surface area contributed by atoms with Crippen molar-refractivity contribution in [1.82, 2.24) is 0 Å². The molecule has 0 unspecified atom stereocenters. The fraction of sp³-hybridized carbons (Fsp3) is 0.188. The summed E-state index contributed by atoms with van der Waals surface area (Å²) in [5.41, 5.74) is -0.0612. The predicted octanol–water partition coefficient (Wildman–Crippen LogP) is 4.68. The lowest BCUT2D eigenvalue weighted by Crippen LogP contribution is -2.14. The Morgan fingerprint density at radius 1 is 1.00 bits per heavy atom. The maximum atomic E-state index is 13.6. The molecule has 0 aliphatic carbocycles. The van der Waals surface area contributed by atoms with E-state index < -0.39 is 29.1 Å². The molecule has 2 aromatic rings. The van der Waals surface area contributed by atoms with Gasteiger partial charge in [-0.1, -0.05) is 6.07 Å². The van der Waals surface area contributed by atoms with Crippen molar-refractivity contribution in [3.05, 3.63) is 64.5 Å².